The van der Waals surface area contributed by atoms with Crippen molar-refractivity contribution in [1.82, 2.24) is 15.2 Å². The summed E-state index contributed by atoms with van der Waals surface area (Å²) in [4.78, 5) is 18.6. The molecule has 0 aliphatic heterocycles. The molecule has 1 heterocycles. The first-order valence-electron chi connectivity index (χ1n) is 12.1. The largest absolute Gasteiger partial charge is 0.495 e. The van der Waals surface area contributed by atoms with Crippen LogP contribution in [0.15, 0.2) is 114 Å². The first kappa shape index (κ1) is 25.2. The predicted octanol–water partition coefficient (Wildman–Crippen LogP) is 6.99. The van der Waals surface area contributed by atoms with Crippen LogP contribution in [-0.2, 0) is 4.79 Å². The summed E-state index contributed by atoms with van der Waals surface area (Å²) in [5.74, 6) is 0.388. The Morgan fingerprint density at radius 1 is 0.789 bits per heavy atom. The number of aromatic nitrogens is 3. The number of nitrogens with zero attached hydrogens (tertiary/aromatic N) is 3. The van der Waals surface area contributed by atoms with E-state index in [1.807, 2.05) is 116 Å². The molecule has 1 aromatic heterocycles. The third-order valence-corrected chi connectivity index (χ3v) is 7.04. The zero-order valence-electron chi connectivity index (χ0n) is 21.0. The second-order valence-electron chi connectivity index (χ2n) is 8.63. The quantitative estimate of drug-likeness (QED) is 0.223. The Balaban J connectivity index is 1.53. The van der Waals surface area contributed by atoms with Crippen LogP contribution in [0.3, 0.4) is 0 Å². The van der Waals surface area contributed by atoms with Gasteiger partial charge in [-0.1, -0.05) is 109 Å². The number of thioether (sulfide) groups is 1. The van der Waals surface area contributed by atoms with Gasteiger partial charge in [0.25, 0.3) is 0 Å². The van der Waals surface area contributed by atoms with Crippen molar-refractivity contribution in [2.75, 3.05) is 12.4 Å². The molecule has 188 valence electrons. The predicted molar refractivity (Wildman–Crippen MR) is 152 cm³/mol. The lowest BCUT2D eigenvalue weighted by Gasteiger charge is -2.18. The van der Waals surface area contributed by atoms with E-state index in [9.17, 15) is 4.79 Å². The standard InChI is InChI=1S/C31H26N4O2S/c1-21-18-19-26(37-2)25(20-21)32-30(36)29(24-16-10-5-11-17-24)38-31-33-27(22-12-6-3-7-13-22)28(34-35-31)23-14-8-4-9-15-23/h3-20,29H,1-2H3,(H,32,36)/t29-/m0/s1. The third-order valence-electron chi connectivity index (χ3n) is 5.94. The molecular formula is C31H26N4O2S. The number of carbonyl (C=O) groups excluding carboxylic acids is 1. The van der Waals surface area contributed by atoms with Crippen molar-refractivity contribution in [3.05, 3.63) is 120 Å². The van der Waals surface area contributed by atoms with Crippen molar-refractivity contribution in [3.8, 4) is 28.3 Å². The molecular weight excluding hydrogens is 492 g/mol. The number of amides is 1. The van der Waals surface area contributed by atoms with E-state index >= 15 is 0 Å². The van der Waals surface area contributed by atoms with Crippen molar-refractivity contribution in [3.63, 3.8) is 0 Å². The van der Waals surface area contributed by atoms with Gasteiger partial charge in [-0.05, 0) is 30.2 Å². The van der Waals surface area contributed by atoms with Gasteiger partial charge in [0, 0.05) is 11.1 Å². The van der Waals surface area contributed by atoms with Crippen molar-refractivity contribution < 1.29 is 9.53 Å². The average Bonchev–Trinajstić information content (AvgIpc) is 2.97. The van der Waals surface area contributed by atoms with Crippen LogP contribution in [0.5, 0.6) is 5.75 Å². The highest BCUT2D eigenvalue weighted by Crippen LogP contribution is 2.37. The van der Waals surface area contributed by atoms with E-state index in [1.54, 1.807) is 7.11 Å². The van der Waals surface area contributed by atoms with Crippen LogP contribution in [0.1, 0.15) is 16.4 Å². The van der Waals surface area contributed by atoms with E-state index in [4.69, 9.17) is 9.72 Å². The van der Waals surface area contributed by atoms with Crippen LogP contribution < -0.4 is 10.1 Å². The van der Waals surface area contributed by atoms with Gasteiger partial charge >= 0.3 is 0 Å². The van der Waals surface area contributed by atoms with Gasteiger partial charge in [0.05, 0.1) is 12.8 Å². The Hall–Kier alpha value is -4.49. The monoisotopic (exact) mass is 518 g/mol. The Labute approximate surface area is 226 Å². The molecule has 7 heteroatoms. The summed E-state index contributed by atoms with van der Waals surface area (Å²) >= 11 is 1.26. The lowest BCUT2D eigenvalue weighted by atomic mass is 10.0. The zero-order valence-corrected chi connectivity index (χ0v) is 21.9. The van der Waals surface area contributed by atoms with Crippen LogP contribution >= 0.6 is 11.8 Å². The molecule has 38 heavy (non-hydrogen) atoms. The van der Waals surface area contributed by atoms with Crippen LogP contribution in [0.4, 0.5) is 5.69 Å². The molecule has 5 rings (SSSR count). The van der Waals surface area contributed by atoms with Crippen LogP contribution in [0.2, 0.25) is 0 Å². The minimum absolute atomic E-state index is 0.206. The highest BCUT2D eigenvalue weighted by molar-refractivity contribution is 8.00. The van der Waals surface area contributed by atoms with E-state index in [0.717, 1.165) is 22.3 Å². The van der Waals surface area contributed by atoms with E-state index in [2.05, 4.69) is 15.5 Å². The SMILES string of the molecule is COc1ccc(C)cc1NC(=O)[C@@H](Sc1nnc(-c2ccccc2)c(-c2ccccc2)n1)c1ccccc1. The Morgan fingerprint density at radius 2 is 1.39 bits per heavy atom. The van der Waals surface area contributed by atoms with Gasteiger partial charge in [0.15, 0.2) is 0 Å². The molecule has 0 unspecified atom stereocenters. The molecule has 0 saturated carbocycles. The fourth-order valence-electron chi connectivity index (χ4n) is 4.07. The Kier molecular flexibility index (Phi) is 7.75. The highest BCUT2D eigenvalue weighted by Gasteiger charge is 2.26. The van der Waals surface area contributed by atoms with Gasteiger partial charge in [0.1, 0.15) is 22.4 Å². The molecule has 0 saturated heterocycles. The second kappa shape index (κ2) is 11.7. The Morgan fingerprint density at radius 3 is 2.03 bits per heavy atom. The molecule has 6 nitrogen and oxygen atoms in total. The summed E-state index contributed by atoms with van der Waals surface area (Å²) in [5.41, 5.74) is 5.70. The minimum atomic E-state index is -0.616. The molecule has 1 N–H and O–H groups in total. The van der Waals surface area contributed by atoms with Crippen molar-refractivity contribution in [2.24, 2.45) is 0 Å². The molecule has 0 aliphatic rings. The van der Waals surface area contributed by atoms with Crippen LogP contribution in [0, 0.1) is 6.92 Å². The first-order valence-corrected chi connectivity index (χ1v) is 13.0. The van der Waals surface area contributed by atoms with Gasteiger partial charge in [0.2, 0.25) is 11.1 Å². The van der Waals surface area contributed by atoms with Crippen molar-refractivity contribution in [2.45, 2.75) is 17.3 Å². The minimum Gasteiger partial charge on any atom is -0.495 e. The highest BCUT2D eigenvalue weighted by atomic mass is 32.2. The molecule has 0 bridgehead atoms. The lowest BCUT2D eigenvalue weighted by molar-refractivity contribution is -0.115. The fourth-order valence-corrected chi connectivity index (χ4v) is 4.97. The number of ether oxygens (including phenoxy) is 1. The summed E-state index contributed by atoms with van der Waals surface area (Å²) in [6.07, 6.45) is 0. The number of benzene rings is 4. The number of hydrogen-bond donors (Lipinski definition) is 1. The molecule has 4 aromatic carbocycles. The van der Waals surface area contributed by atoms with Gasteiger partial charge in [-0.3, -0.25) is 4.79 Å². The maximum absolute atomic E-state index is 13.7. The summed E-state index contributed by atoms with van der Waals surface area (Å²) < 4.78 is 5.47. The van der Waals surface area contributed by atoms with Gasteiger partial charge < -0.3 is 10.1 Å². The number of nitrogens with one attached hydrogen (secondary N) is 1. The van der Waals surface area contributed by atoms with Crippen LogP contribution in [-0.4, -0.2) is 28.2 Å². The third kappa shape index (κ3) is 5.74. The van der Waals surface area contributed by atoms with E-state index in [0.29, 0.717) is 28.0 Å². The first-order chi connectivity index (χ1) is 18.6. The summed E-state index contributed by atoms with van der Waals surface area (Å²) in [6, 6.07) is 35.0. The number of rotatable bonds is 8. The second-order valence-corrected chi connectivity index (χ2v) is 9.70. The number of hydrogen-bond acceptors (Lipinski definition) is 6. The topological polar surface area (TPSA) is 77.0 Å². The zero-order chi connectivity index (χ0) is 26.3. The Bertz CT molecular complexity index is 1530. The number of anilines is 1. The van der Waals surface area contributed by atoms with E-state index < -0.39 is 5.25 Å². The van der Waals surface area contributed by atoms with Gasteiger partial charge in [-0.15, -0.1) is 10.2 Å². The fraction of sp³-hybridized carbons (Fsp3) is 0.0968. The molecule has 0 spiro atoms. The van der Waals surface area contributed by atoms with Crippen molar-refractivity contribution >= 4 is 23.4 Å². The molecule has 0 fully saturated rings. The molecule has 0 radical (unpaired) electrons. The van der Waals surface area contributed by atoms with Gasteiger partial charge in [-0.25, -0.2) is 4.98 Å². The van der Waals surface area contributed by atoms with Crippen molar-refractivity contribution in [1.29, 1.82) is 0 Å². The molecule has 5 aromatic rings. The lowest BCUT2D eigenvalue weighted by Crippen LogP contribution is -2.20. The summed E-state index contributed by atoms with van der Waals surface area (Å²) in [6.45, 7) is 1.97. The maximum Gasteiger partial charge on any atom is 0.242 e. The number of carbonyl (C=O) groups is 1. The smallest absolute Gasteiger partial charge is 0.242 e. The van der Waals surface area contributed by atoms with Crippen LogP contribution in [0.25, 0.3) is 22.5 Å². The normalized spacial score (nSPS) is 11.5. The molecule has 1 amide bonds. The number of methoxy groups -OCH3 is 1. The molecule has 0 aliphatic carbocycles. The average molecular weight is 519 g/mol. The van der Waals surface area contributed by atoms with E-state index in [-0.39, 0.29) is 5.91 Å². The summed E-state index contributed by atoms with van der Waals surface area (Å²) in [5, 5.41) is 11.8. The summed E-state index contributed by atoms with van der Waals surface area (Å²) in [7, 11) is 1.59. The maximum atomic E-state index is 13.7. The van der Waals surface area contributed by atoms with Gasteiger partial charge in [-0.2, -0.15) is 0 Å². The molecule has 1 atom stereocenters. The van der Waals surface area contributed by atoms with E-state index in [1.165, 1.54) is 11.8 Å². The number of aryl methyl sites for hydroxylation is 1.